The van der Waals surface area contributed by atoms with Gasteiger partial charge in [-0.2, -0.15) is 4.31 Å². The molecule has 188 valence electrons. The average Bonchev–Trinajstić information content (AvgIpc) is 2.87. The van der Waals surface area contributed by atoms with Gasteiger partial charge in [-0.3, -0.25) is 9.59 Å². The van der Waals surface area contributed by atoms with Crippen molar-refractivity contribution in [2.24, 2.45) is 5.92 Å². The molecule has 35 heavy (non-hydrogen) atoms. The largest absolute Gasteiger partial charge is 0.378 e. The number of nitrogens with zero attached hydrogens (tertiary/aromatic N) is 2. The van der Waals surface area contributed by atoms with Crippen molar-refractivity contribution in [2.45, 2.75) is 30.7 Å². The van der Waals surface area contributed by atoms with Crippen LogP contribution in [-0.2, 0) is 19.6 Å². The molecule has 0 aliphatic carbocycles. The lowest BCUT2D eigenvalue weighted by Crippen LogP contribution is -2.56. The van der Waals surface area contributed by atoms with Crippen molar-refractivity contribution in [1.29, 1.82) is 0 Å². The Morgan fingerprint density at radius 3 is 2.31 bits per heavy atom. The Bertz CT molecular complexity index is 1160. The maximum absolute atomic E-state index is 13.5. The molecule has 2 saturated heterocycles. The normalized spacial score (nSPS) is 18.7. The number of hydrogen-bond donors (Lipinski definition) is 1. The second kappa shape index (κ2) is 11.1. The van der Waals surface area contributed by atoms with Crippen molar-refractivity contribution in [3.8, 4) is 0 Å². The third-order valence-electron chi connectivity index (χ3n) is 6.58. The predicted molar refractivity (Wildman–Crippen MR) is 133 cm³/mol. The van der Waals surface area contributed by atoms with E-state index in [2.05, 4.69) is 5.32 Å². The molecule has 2 aromatic carbocycles. The Morgan fingerprint density at radius 2 is 1.69 bits per heavy atom. The summed E-state index contributed by atoms with van der Waals surface area (Å²) in [6, 6.07) is 12.6. The SMILES string of the molecule is Cc1cccc(C(=O)N[C@@H](C(=O)N2CCOCC2)C2CCN(S(=O)(=O)c3ccc(Cl)cc3)CC2)c1. The number of amides is 2. The first kappa shape index (κ1) is 25.6. The molecule has 0 aromatic heterocycles. The quantitative estimate of drug-likeness (QED) is 0.633. The molecule has 0 unspecified atom stereocenters. The molecule has 0 radical (unpaired) electrons. The smallest absolute Gasteiger partial charge is 0.251 e. The molecule has 2 aliphatic rings. The van der Waals surface area contributed by atoms with Gasteiger partial charge in [0.2, 0.25) is 15.9 Å². The van der Waals surface area contributed by atoms with Crippen LogP contribution in [0.1, 0.15) is 28.8 Å². The van der Waals surface area contributed by atoms with Gasteiger partial charge >= 0.3 is 0 Å². The van der Waals surface area contributed by atoms with Gasteiger partial charge < -0.3 is 15.0 Å². The van der Waals surface area contributed by atoms with Gasteiger partial charge in [0.25, 0.3) is 5.91 Å². The third-order valence-corrected chi connectivity index (χ3v) is 8.74. The van der Waals surface area contributed by atoms with Gasteiger partial charge in [-0.1, -0.05) is 29.3 Å². The third kappa shape index (κ3) is 6.03. The van der Waals surface area contributed by atoms with Crippen LogP contribution in [0.4, 0.5) is 0 Å². The maximum atomic E-state index is 13.5. The summed E-state index contributed by atoms with van der Waals surface area (Å²) in [5.74, 6) is -0.638. The van der Waals surface area contributed by atoms with Crippen molar-refractivity contribution < 1.29 is 22.7 Å². The molecule has 4 rings (SSSR count). The number of morpholine rings is 1. The summed E-state index contributed by atoms with van der Waals surface area (Å²) in [7, 11) is -3.66. The molecule has 10 heteroatoms. The minimum Gasteiger partial charge on any atom is -0.378 e. The van der Waals surface area contributed by atoms with Gasteiger partial charge in [0, 0.05) is 36.8 Å². The summed E-state index contributed by atoms with van der Waals surface area (Å²) in [5.41, 5.74) is 1.45. The molecular formula is C25H30ClN3O5S. The van der Waals surface area contributed by atoms with Crippen LogP contribution < -0.4 is 5.32 Å². The Hall–Kier alpha value is -2.46. The fourth-order valence-corrected chi connectivity index (χ4v) is 6.17. The highest BCUT2D eigenvalue weighted by atomic mass is 35.5. The molecule has 1 N–H and O–H groups in total. The molecule has 2 aromatic rings. The highest BCUT2D eigenvalue weighted by Gasteiger charge is 2.38. The van der Waals surface area contributed by atoms with Crippen LogP contribution >= 0.6 is 11.6 Å². The Labute approximate surface area is 211 Å². The van der Waals surface area contributed by atoms with Crippen LogP contribution in [0.2, 0.25) is 5.02 Å². The summed E-state index contributed by atoms with van der Waals surface area (Å²) in [5, 5.41) is 3.43. The summed E-state index contributed by atoms with van der Waals surface area (Å²) < 4.78 is 33.0. The van der Waals surface area contributed by atoms with E-state index in [1.54, 1.807) is 29.2 Å². The van der Waals surface area contributed by atoms with Gasteiger partial charge in [-0.05, 0) is 62.1 Å². The standard InChI is InChI=1S/C25H30ClN3O5S/c1-18-3-2-4-20(17-18)24(30)27-23(25(31)28-13-15-34-16-14-28)19-9-11-29(12-10-19)35(32,33)22-7-5-21(26)6-8-22/h2-8,17,19,23H,9-16H2,1H3,(H,27,30)/t23-/m1/s1. The number of hydrogen-bond acceptors (Lipinski definition) is 5. The number of rotatable bonds is 6. The number of sulfonamides is 1. The van der Waals surface area contributed by atoms with Crippen molar-refractivity contribution in [3.05, 3.63) is 64.7 Å². The molecule has 0 spiro atoms. The molecular weight excluding hydrogens is 490 g/mol. The van der Waals surface area contributed by atoms with Crippen LogP contribution in [0, 0.1) is 12.8 Å². The number of benzene rings is 2. The van der Waals surface area contributed by atoms with Crippen LogP contribution in [0.15, 0.2) is 53.4 Å². The first-order valence-corrected chi connectivity index (χ1v) is 13.6. The number of carbonyl (C=O) groups excluding carboxylic acids is 2. The van der Waals surface area contributed by atoms with Crippen LogP contribution in [-0.4, -0.2) is 74.9 Å². The molecule has 2 heterocycles. The molecule has 0 bridgehead atoms. The van der Waals surface area contributed by atoms with E-state index >= 15 is 0 Å². The predicted octanol–water partition coefficient (Wildman–Crippen LogP) is 2.71. The number of piperidine rings is 1. The number of carbonyl (C=O) groups is 2. The monoisotopic (exact) mass is 519 g/mol. The van der Waals surface area contributed by atoms with Gasteiger partial charge in [0.05, 0.1) is 18.1 Å². The van der Waals surface area contributed by atoms with Crippen molar-refractivity contribution in [3.63, 3.8) is 0 Å². The van der Waals surface area contributed by atoms with Gasteiger partial charge in [0.1, 0.15) is 6.04 Å². The van der Waals surface area contributed by atoms with Gasteiger partial charge in [-0.25, -0.2) is 8.42 Å². The Kier molecular flexibility index (Phi) is 8.11. The summed E-state index contributed by atoms with van der Waals surface area (Å²) in [6.07, 6.45) is 0.920. The minimum absolute atomic E-state index is 0.145. The molecule has 0 saturated carbocycles. The Balaban J connectivity index is 1.49. The zero-order chi connectivity index (χ0) is 25.0. The molecule has 8 nitrogen and oxygen atoms in total. The maximum Gasteiger partial charge on any atom is 0.251 e. The van der Waals surface area contributed by atoms with E-state index in [9.17, 15) is 18.0 Å². The topological polar surface area (TPSA) is 96.0 Å². The number of aryl methyl sites for hydroxylation is 1. The first-order chi connectivity index (χ1) is 16.8. The fourth-order valence-electron chi connectivity index (χ4n) is 4.58. The van der Waals surface area contributed by atoms with E-state index in [0.29, 0.717) is 49.7 Å². The zero-order valence-electron chi connectivity index (χ0n) is 19.7. The molecule has 2 amide bonds. The van der Waals surface area contributed by atoms with E-state index < -0.39 is 16.1 Å². The second-order valence-corrected chi connectivity index (χ2v) is 11.3. The van der Waals surface area contributed by atoms with E-state index in [-0.39, 0.29) is 35.7 Å². The summed E-state index contributed by atoms with van der Waals surface area (Å²) in [4.78, 5) is 28.4. The molecule has 1 atom stereocenters. The first-order valence-electron chi connectivity index (χ1n) is 11.8. The zero-order valence-corrected chi connectivity index (χ0v) is 21.2. The highest BCUT2D eigenvalue weighted by molar-refractivity contribution is 7.89. The van der Waals surface area contributed by atoms with Crippen molar-refractivity contribution in [1.82, 2.24) is 14.5 Å². The number of ether oxygens (including phenoxy) is 1. The highest BCUT2D eigenvalue weighted by Crippen LogP contribution is 2.27. The van der Waals surface area contributed by atoms with E-state index in [0.717, 1.165) is 5.56 Å². The molecule has 2 aliphatic heterocycles. The molecule has 2 fully saturated rings. The fraction of sp³-hybridized carbons (Fsp3) is 0.440. The van der Waals surface area contributed by atoms with Crippen molar-refractivity contribution >= 4 is 33.4 Å². The van der Waals surface area contributed by atoms with Crippen LogP contribution in [0.25, 0.3) is 0 Å². The van der Waals surface area contributed by atoms with Gasteiger partial charge in [-0.15, -0.1) is 0 Å². The summed E-state index contributed by atoms with van der Waals surface area (Å²) in [6.45, 7) is 4.30. The van der Waals surface area contributed by atoms with E-state index in [4.69, 9.17) is 16.3 Å². The minimum atomic E-state index is -3.66. The number of nitrogens with one attached hydrogen (secondary N) is 1. The lowest BCUT2D eigenvalue weighted by molar-refractivity contribution is -0.139. The van der Waals surface area contributed by atoms with Crippen molar-refractivity contribution in [2.75, 3.05) is 39.4 Å². The van der Waals surface area contributed by atoms with E-state index in [1.165, 1.54) is 16.4 Å². The van der Waals surface area contributed by atoms with E-state index in [1.807, 2.05) is 19.1 Å². The Morgan fingerprint density at radius 1 is 1.03 bits per heavy atom. The number of halogens is 1. The van der Waals surface area contributed by atoms with Crippen LogP contribution in [0.3, 0.4) is 0 Å². The lowest BCUT2D eigenvalue weighted by Gasteiger charge is -2.38. The summed E-state index contributed by atoms with van der Waals surface area (Å²) >= 11 is 5.90. The lowest BCUT2D eigenvalue weighted by atomic mass is 9.88. The second-order valence-electron chi connectivity index (χ2n) is 8.95. The van der Waals surface area contributed by atoms with Crippen LogP contribution in [0.5, 0.6) is 0 Å². The average molecular weight is 520 g/mol. The van der Waals surface area contributed by atoms with Gasteiger partial charge in [0.15, 0.2) is 0 Å².